The Kier molecular flexibility index (Phi) is 5.37. The van der Waals surface area contributed by atoms with Gasteiger partial charge >= 0.3 is 0 Å². The van der Waals surface area contributed by atoms with Crippen LogP contribution in [0.1, 0.15) is 50.1 Å². The van der Waals surface area contributed by atoms with E-state index < -0.39 is 0 Å². The first-order valence-corrected chi connectivity index (χ1v) is 9.55. The van der Waals surface area contributed by atoms with Crippen LogP contribution >= 0.6 is 0 Å². The van der Waals surface area contributed by atoms with Crippen molar-refractivity contribution >= 4 is 0 Å². The Bertz CT molecular complexity index is 968. The summed E-state index contributed by atoms with van der Waals surface area (Å²) in [7, 11) is 0. The zero-order chi connectivity index (χ0) is 20.6. The lowest BCUT2D eigenvalue weighted by molar-refractivity contribution is 0.463. The molecule has 0 saturated heterocycles. The van der Waals surface area contributed by atoms with Gasteiger partial charge in [-0.25, -0.2) is 0 Å². The zero-order valence-corrected chi connectivity index (χ0v) is 17.2. The van der Waals surface area contributed by atoms with Crippen LogP contribution in [0.2, 0.25) is 0 Å². The van der Waals surface area contributed by atoms with E-state index in [0.29, 0.717) is 30.1 Å². The number of hydrogen-bond donors (Lipinski definition) is 3. The predicted octanol–water partition coefficient (Wildman–Crippen LogP) is 5.53. The van der Waals surface area contributed by atoms with Crippen molar-refractivity contribution in [2.45, 2.75) is 47.5 Å². The van der Waals surface area contributed by atoms with Crippen LogP contribution in [0.5, 0.6) is 17.2 Å². The summed E-state index contributed by atoms with van der Waals surface area (Å²) in [6, 6.07) is 11.6. The van der Waals surface area contributed by atoms with Crippen LogP contribution < -0.4 is 0 Å². The summed E-state index contributed by atoms with van der Waals surface area (Å²) in [4.78, 5) is 0. The first kappa shape index (κ1) is 19.8. The van der Waals surface area contributed by atoms with E-state index in [0.717, 1.165) is 50.1 Å². The van der Waals surface area contributed by atoms with Gasteiger partial charge in [0.15, 0.2) is 0 Å². The van der Waals surface area contributed by atoms with Gasteiger partial charge in [0.1, 0.15) is 17.2 Å². The van der Waals surface area contributed by atoms with E-state index >= 15 is 0 Å². The van der Waals surface area contributed by atoms with Crippen LogP contribution in [-0.2, 0) is 12.8 Å². The topological polar surface area (TPSA) is 60.7 Å². The minimum Gasteiger partial charge on any atom is -0.508 e. The summed E-state index contributed by atoms with van der Waals surface area (Å²) in [6.45, 7) is 9.76. The van der Waals surface area contributed by atoms with Gasteiger partial charge in [-0.1, -0.05) is 29.8 Å². The summed E-state index contributed by atoms with van der Waals surface area (Å²) >= 11 is 0. The molecule has 3 aromatic carbocycles. The van der Waals surface area contributed by atoms with Gasteiger partial charge in [0, 0.05) is 12.8 Å². The largest absolute Gasteiger partial charge is 0.508 e. The van der Waals surface area contributed by atoms with Crippen molar-refractivity contribution in [3.8, 4) is 17.2 Å². The molecule has 0 atom stereocenters. The van der Waals surface area contributed by atoms with Gasteiger partial charge in [-0.05, 0) is 91.3 Å². The molecule has 0 unspecified atom stereocenters. The lowest BCUT2D eigenvalue weighted by Crippen LogP contribution is -1.99. The van der Waals surface area contributed by atoms with Crippen LogP contribution in [0.25, 0.3) is 0 Å². The monoisotopic (exact) mass is 376 g/mol. The van der Waals surface area contributed by atoms with E-state index in [1.54, 1.807) is 12.1 Å². The molecule has 28 heavy (non-hydrogen) atoms. The minimum atomic E-state index is 0.300. The smallest absolute Gasteiger partial charge is 0.122 e. The van der Waals surface area contributed by atoms with Crippen molar-refractivity contribution in [3.05, 3.63) is 86.5 Å². The fourth-order valence-corrected chi connectivity index (χ4v) is 3.72. The normalized spacial score (nSPS) is 11.0. The molecule has 0 heterocycles. The van der Waals surface area contributed by atoms with Gasteiger partial charge in [-0.15, -0.1) is 0 Å². The summed E-state index contributed by atoms with van der Waals surface area (Å²) in [5, 5.41) is 30.8. The Labute approximate surface area is 166 Å². The van der Waals surface area contributed by atoms with Crippen molar-refractivity contribution in [1.29, 1.82) is 0 Å². The molecule has 0 spiro atoms. The number of phenolic OH excluding ortho intramolecular Hbond substituents is 3. The van der Waals surface area contributed by atoms with Crippen molar-refractivity contribution < 1.29 is 15.3 Å². The Morgan fingerprint density at radius 2 is 0.893 bits per heavy atom. The van der Waals surface area contributed by atoms with Gasteiger partial charge in [0.05, 0.1) is 0 Å². The maximum atomic E-state index is 11.0. The van der Waals surface area contributed by atoms with Gasteiger partial charge in [0.25, 0.3) is 0 Å². The van der Waals surface area contributed by atoms with Crippen LogP contribution in [0.3, 0.4) is 0 Å². The maximum Gasteiger partial charge on any atom is 0.122 e. The maximum absolute atomic E-state index is 11.0. The second-order valence-electron chi connectivity index (χ2n) is 7.92. The molecular formula is C25H28O3. The molecular weight excluding hydrogens is 348 g/mol. The molecule has 0 bridgehead atoms. The molecule has 0 aliphatic rings. The summed E-state index contributed by atoms with van der Waals surface area (Å²) in [5.74, 6) is 0.919. The standard InChI is InChI=1S/C25H28O3/c1-14-6-21(12-19-8-17(4)23(26)10-15(19)2)25(28)22(7-14)13-20-9-18(5)24(27)11-16(20)3/h6-11,26-28H,12-13H2,1-5H3. The first-order valence-electron chi connectivity index (χ1n) is 9.55. The zero-order valence-electron chi connectivity index (χ0n) is 17.2. The SMILES string of the molecule is Cc1cc(Cc2cc(C)c(O)cc2C)c(O)c(Cc2cc(C)c(O)cc2C)c1. The van der Waals surface area contributed by atoms with E-state index in [-0.39, 0.29) is 0 Å². The molecule has 3 nitrogen and oxygen atoms in total. The highest BCUT2D eigenvalue weighted by molar-refractivity contribution is 5.51. The van der Waals surface area contributed by atoms with E-state index in [1.165, 1.54) is 0 Å². The third-order valence-corrected chi connectivity index (χ3v) is 5.48. The Balaban J connectivity index is 1.99. The minimum absolute atomic E-state index is 0.300. The number of phenols is 3. The highest BCUT2D eigenvalue weighted by Crippen LogP contribution is 2.32. The average molecular weight is 376 g/mol. The number of aryl methyl sites for hydroxylation is 5. The van der Waals surface area contributed by atoms with E-state index in [2.05, 4.69) is 0 Å². The molecule has 0 aliphatic carbocycles. The van der Waals surface area contributed by atoms with Gasteiger partial charge < -0.3 is 15.3 Å². The number of benzene rings is 3. The van der Waals surface area contributed by atoms with Crippen LogP contribution in [0.15, 0.2) is 36.4 Å². The first-order chi connectivity index (χ1) is 13.2. The van der Waals surface area contributed by atoms with Crippen molar-refractivity contribution in [1.82, 2.24) is 0 Å². The lowest BCUT2D eigenvalue weighted by Gasteiger charge is -2.15. The van der Waals surface area contributed by atoms with Gasteiger partial charge in [-0.3, -0.25) is 0 Å². The lowest BCUT2D eigenvalue weighted by atomic mass is 9.92. The molecule has 146 valence electrons. The summed E-state index contributed by atoms with van der Waals surface area (Å²) in [6.07, 6.45) is 1.22. The summed E-state index contributed by atoms with van der Waals surface area (Å²) < 4.78 is 0. The highest BCUT2D eigenvalue weighted by atomic mass is 16.3. The van der Waals surface area contributed by atoms with Crippen LogP contribution in [-0.4, -0.2) is 15.3 Å². The third-order valence-electron chi connectivity index (χ3n) is 5.48. The van der Waals surface area contributed by atoms with E-state index in [9.17, 15) is 15.3 Å². The number of aromatic hydroxyl groups is 3. The highest BCUT2D eigenvalue weighted by Gasteiger charge is 2.14. The fourth-order valence-electron chi connectivity index (χ4n) is 3.72. The van der Waals surface area contributed by atoms with Crippen molar-refractivity contribution in [2.24, 2.45) is 0 Å². The molecule has 0 saturated carbocycles. The Morgan fingerprint density at radius 1 is 0.500 bits per heavy atom. The van der Waals surface area contributed by atoms with E-state index in [4.69, 9.17) is 0 Å². The summed E-state index contributed by atoms with van der Waals surface area (Å²) in [5.41, 5.74) is 8.76. The van der Waals surface area contributed by atoms with Gasteiger partial charge in [-0.2, -0.15) is 0 Å². The van der Waals surface area contributed by atoms with Crippen molar-refractivity contribution in [3.63, 3.8) is 0 Å². The predicted molar refractivity (Wildman–Crippen MR) is 114 cm³/mol. The number of rotatable bonds is 4. The second kappa shape index (κ2) is 7.59. The molecule has 0 amide bonds. The molecule has 0 aromatic heterocycles. The molecule has 3 N–H and O–H groups in total. The number of hydrogen-bond acceptors (Lipinski definition) is 3. The van der Waals surface area contributed by atoms with Gasteiger partial charge in [0.2, 0.25) is 0 Å². The molecule has 3 aromatic rings. The molecule has 0 fully saturated rings. The molecule has 0 radical (unpaired) electrons. The van der Waals surface area contributed by atoms with Crippen molar-refractivity contribution in [2.75, 3.05) is 0 Å². The fraction of sp³-hybridized carbons (Fsp3) is 0.280. The second-order valence-corrected chi connectivity index (χ2v) is 7.92. The van der Waals surface area contributed by atoms with Crippen LogP contribution in [0, 0.1) is 34.6 Å². The quantitative estimate of drug-likeness (QED) is 0.561. The van der Waals surface area contributed by atoms with E-state index in [1.807, 2.05) is 58.9 Å². The Hall–Kier alpha value is -2.94. The Morgan fingerprint density at radius 3 is 1.29 bits per heavy atom. The molecule has 0 aliphatic heterocycles. The average Bonchev–Trinajstić information content (AvgIpc) is 2.61. The van der Waals surface area contributed by atoms with Crippen LogP contribution in [0.4, 0.5) is 0 Å². The third kappa shape index (κ3) is 3.99. The molecule has 3 heteroatoms. The molecule has 3 rings (SSSR count).